The summed E-state index contributed by atoms with van der Waals surface area (Å²) in [5.74, 6) is 1.39. The van der Waals surface area contributed by atoms with Crippen molar-refractivity contribution < 1.29 is 14.3 Å². The molecule has 1 amide bonds. The van der Waals surface area contributed by atoms with Crippen LogP contribution >= 0.6 is 0 Å². The lowest BCUT2D eigenvalue weighted by Crippen LogP contribution is -2.26. The number of benzene rings is 1. The van der Waals surface area contributed by atoms with Crippen LogP contribution in [0.2, 0.25) is 0 Å². The topological polar surface area (TPSA) is 65.4 Å². The first-order valence-corrected chi connectivity index (χ1v) is 7.62. The van der Waals surface area contributed by atoms with Crippen molar-refractivity contribution in [3.8, 4) is 11.5 Å². The highest BCUT2D eigenvalue weighted by Crippen LogP contribution is 2.24. The normalized spacial score (nSPS) is 10.4. The van der Waals surface area contributed by atoms with Crippen molar-refractivity contribution in [1.29, 1.82) is 0 Å². The standard InChI is InChI=1S/C17H23N3O3/c1-5-20-12(2)10-15(19-20)17(21)18-9-8-13-11-14(22-3)6-7-16(13)23-4/h6-7,10-11H,5,8-9H2,1-4H3,(H,18,21). The van der Waals surface area contributed by atoms with Crippen LogP contribution in [0.3, 0.4) is 0 Å². The van der Waals surface area contributed by atoms with Gasteiger partial charge in [0.1, 0.15) is 17.2 Å². The maximum atomic E-state index is 12.2. The Kier molecular flexibility index (Phi) is 5.62. The van der Waals surface area contributed by atoms with E-state index in [0.29, 0.717) is 18.7 Å². The number of methoxy groups -OCH3 is 2. The number of ether oxygens (including phenoxy) is 2. The van der Waals surface area contributed by atoms with Gasteiger partial charge in [-0.05, 0) is 50.1 Å². The minimum absolute atomic E-state index is 0.165. The van der Waals surface area contributed by atoms with Crippen LogP contribution in [0.15, 0.2) is 24.3 Å². The Bertz CT molecular complexity index is 680. The van der Waals surface area contributed by atoms with Crippen LogP contribution in [0.1, 0.15) is 28.7 Å². The van der Waals surface area contributed by atoms with E-state index in [1.807, 2.05) is 32.0 Å². The van der Waals surface area contributed by atoms with Crippen molar-refractivity contribution in [2.75, 3.05) is 20.8 Å². The summed E-state index contributed by atoms with van der Waals surface area (Å²) in [5.41, 5.74) is 2.41. The van der Waals surface area contributed by atoms with E-state index in [2.05, 4.69) is 10.4 Å². The lowest BCUT2D eigenvalue weighted by atomic mass is 10.1. The predicted molar refractivity (Wildman–Crippen MR) is 88.2 cm³/mol. The van der Waals surface area contributed by atoms with Crippen LogP contribution in [0, 0.1) is 6.92 Å². The maximum Gasteiger partial charge on any atom is 0.271 e. The zero-order valence-electron chi connectivity index (χ0n) is 14.0. The molecular formula is C17H23N3O3. The van der Waals surface area contributed by atoms with Gasteiger partial charge in [-0.3, -0.25) is 9.48 Å². The molecule has 2 rings (SSSR count). The lowest BCUT2D eigenvalue weighted by Gasteiger charge is -2.10. The molecule has 23 heavy (non-hydrogen) atoms. The summed E-state index contributed by atoms with van der Waals surface area (Å²) in [6.07, 6.45) is 0.652. The summed E-state index contributed by atoms with van der Waals surface area (Å²) in [5, 5.41) is 7.16. The molecule has 0 bridgehead atoms. The zero-order valence-corrected chi connectivity index (χ0v) is 14.0. The van der Waals surface area contributed by atoms with E-state index in [4.69, 9.17) is 9.47 Å². The third kappa shape index (κ3) is 4.03. The highest BCUT2D eigenvalue weighted by molar-refractivity contribution is 5.92. The quantitative estimate of drug-likeness (QED) is 0.850. The Labute approximate surface area is 136 Å². The second kappa shape index (κ2) is 7.67. The van der Waals surface area contributed by atoms with E-state index in [1.54, 1.807) is 25.0 Å². The van der Waals surface area contributed by atoms with Crippen LogP contribution < -0.4 is 14.8 Å². The third-order valence-electron chi connectivity index (χ3n) is 3.68. The number of aromatic nitrogens is 2. The minimum atomic E-state index is -0.165. The number of hydrogen-bond acceptors (Lipinski definition) is 4. The molecule has 0 saturated carbocycles. The Balaban J connectivity index is 1.97. The summed E-state index contributed by atoms with van der Waals surface area (Å²) in [6, 6.07) is 7.43. The van der Waals surface area contributed by atoms with Crippen molar-refractivity contribution in [2.45, 2.75) is 26.8 Å². The first kappa shape index (κ1) is 16.9. The molecule has 6 heteroatoms. The molecule has 0 atom stereocenters. The van der Waals surface area contributed by atoms with E-state index in [0.717, 1.165) is 29.3 Å². The number of rotatable bonds is 7. The van der Waals surface area contributed by atoms with Crippen LogP contribution in [-0.2, 0) is 13.0 Å². The largest absolute Gasteiger partial charge is 0.497 e. The fourth-order valence-electron chi connectivity index (χ4n) is 2.42. The highest BCUT2D eigenvalue weighted by Gasteiger charge is 2.12. The summed E-state index contributed by atoms with van der Waals surface area (Å²) in [4.78, 5) is 12.2. The van der Waals surface area contributed by atoms with Crippen molar-refractivity contribution in [3.05, 3.63) is 41.2 Å². The van der Waals surface area contributed by atoms with Crippen LogP contribution in [0.4, 0.5) is 0 Å². The predicted octanol–water partition coefficient (Wildman–Crippen LogP) is 2.20. The molecule has 0 spiro atoms. The number of hydrogen-bond donors (Lipinski definition) is 1. The van der Waals surface area contributed by atoms with Gasteiger partial charge >= 0.3 is 0 Å². The van der Waals surface area contributed by atoms with Gasteiger partial charge in [0.25, 0.3) is 5.91 Å². The highest BCUT2D eigenvalue weighted by atomic mass is 16.5. The molecule has 0 aliphatic carbocycles. The van der Waals surface area contributed by atoms with Crippen LogP contribution in [-0.4, -0.2) is 36.5 Å². The Hall–Kier alpha value is -2.50. The molecular weight excluding hydrogens is 294 g/mol. The number of nitrogens with one attached hydrogen (secondary N) is 1. The molecule has 1 aromatic carbocycles. The molecule has 0 saturated heterocycles. The second-order valence-corrected chi connectivity index (χ2v) is 5.17. The van der Waals surface area contributed by atoms with Crippen molar-refractivity contribution >= 4 is 5.91 Å². The number of nitrogens with zero attached hydrogens (tertiary/aromatic N) is 2. The molecule has 0 fully saturated rings. The van der Waals surface area contributed by atoms with Gasteiger partial charge in [-0.15, -0.1) is 0 Å². The van der Waals surface area contributed by atoms with Crippen molar-refractivity contribution in [2.24, 2.45) is 0 Å². The first-order valence-electron chi connectivity index (χ1n) is 7.62. The number of carbonyl (C=O) groups is 1. The Morgan fingerprint density at radius 3 is 2.65 bits per heavy atom. The number of carbonyl (C=O) groups excluding carboxylic acids is 1. The van der Waals surface area contributed by atoms with Gasteiger partial charge in [0, 0.05) is 18.8 Å². The molecule has 0 unspecified atom stereocenters. The summed E-state index contributed by atoms with van der Waals surface area (Å²) in [6.45, 7) is 5.19. The first-order chi connectivity index (χ1) is 11.1. The Morgan fingerprint density at radius 2 is 2.04 bits per heavy atom. The fraction of sp³-hybridized carbons (Fsp3) is 0.412. The SMILES string of the molecule is CCn1nc(C(=O)NCCc2cc(OC)ccc2OC)cc1C. The van der Waals surface area contributed by atoms with Gasteiger partial charge in [-0.2, -0.15) is 5.10 Å². The molecule has 0 radical (unpaired) electrons. The number of aryl methyl sites for hydroxylation is 2. The number of amides is 1. The molecule has 6 nitrogen and oxygen atoms in total. The molecule has 0 aliphatic rings. The molecule has 1 N–H and O–H groups in total. The molecule has 0 aliphatic heterocycles. The molecule has 1 heterocycles. The van der Waals surface area contributed by atoms with E-state index >= 15 is 0 Å². The third-order valence-corrected chi connectivity index (χ3v) is 3.68. The van der Waals surface area contributed by atoms with Gasteiger partial charge in [0.15, 0.2) is 0 Å². The fourth-order valence-corrected chi connectivity index (χ4v) is 2.42. The minimum Gasteiger partial charge on any atom is -0.497 e. The lowest BCUT2D eigenvalue weighted by molar-refractivity contribution is 0.0948. The van der Waals surface area contributed by atoms with E-state index in [9.17, 15) is 4.79 Å². The van der Waals surface area contributed by atoms with Gasteiger partial charge in [0.2, 0.25) is 0 Å². The van der Waals surface area contributed by atoms with E-state index in [-0.39, 0.29) is 5.91 Å². The molecule has 2 aromatic rings. The average Bonchev–Trinajstić information content (AvgIpc) is 2.95. The second-order valence-electron chi connectivity index (χ2n) is 5.17. The van der Waals surface area contributed by atoms with Gasteiger partial charge in [0.05, 0.1) is 14.2 Å². The van der Waals surface area contributed by atoms with Gasteiger partial charge in [-0.25, -0.2) is 0 Å². The summed E-state index contributed by atoms with van der Waals surface area (Å²) < 4.78 is 12.4. The van der Waals surface area contributed by atoms with E-state index in [1.165, 1.54) is 0 Å². The van der Waals surface area contributed by atoms with Gasteiger partial charge < -0.3 is 14.8 Å². The molecule has 1 aromatic heterocycles. The maximum absolute atomic E-state index is 12.2. The van der Waals surface area contributed by atoms with Gasteiger partial charge in [-0.1, -0.05) is 0 Å². The molecule has 124 valence electrons. The monoisotopic (exact) mass is 317 g/mol. The summed E-state index contributed by atoms with van der Waals surface area (Å²) in [7, 11) is 3.25. The smallest absolute Gasteiger partial charge is 0.271 e. The van der Waals surface area contributed by atoms with Crippen LogP contribution in [0.25, 0.3) is 0 Å². The zero-order chi connectivity index (χ0) is 16.8. The van der Waals surface area contributed by atoms with Crippen molar-refractivity contribution in [1.82, 2.24) is 15.1 Å². The average molecular weight is 317 g/mol. The van der Waals surface area contributed by atoms with Crippen LogP contribution in [0.5, 0.6) is 11.5 Å². The van der Waals surface area contributed by atoms with Crippen molar-refractivity contribution in [3.63, 3.8) is 0 Å². The Morgan fingerprint density at radius 1 is 1.26 bits per heavy atom. The summed E-state index contributed by atoms with van der Waals surface area (Å²) >= 11 is 0. The van der Waals surface area contributed by atoms with E-state index < -0.39 is 0 Å².